The lowest BCUT2D eigenvalue weighted by Crippen LogP contribution is -2.65. The molecule has 0 unspecified atom stereocenters. The van der Waals surface area contributed by atoms with Gasteiger partial charge in [0.1, 0.15) is 23.8 Å². The van der Waals surface area contributed by atoms with Gasteiger partial charge in [0.2, 0.25) is 0 Å². The van der Waals surface area contributed by atoms with Crippen molar-refractivity contribution in [2.45, 2.75) is 62.1 Å². The largest absolute Gasteiger partial charge is 0.485 e. The standard InChI is InChI=1S/C44H52ClN7O8S/c1-42(2)9-7-31(36(24-42)43-27-44(45,28-43)29-43)26-50-11-13-51(14-12-50)32-3-5-35(39(22-32)60-33-21-30-8-10-46-40(30)47-25-33)41(53)48-61(56,57)34-4-6-38(37(23-34)52(54)55)59-20-17-49-15-18-58-19-16-49/h3-6,8,10,21-23,25H,7,9,11-20,24,26-29H2,1-2H3,(H,46,47)(H,48,53). The lowest BCUT2D eigenvalue weighted by atomic mass is 9.39. The van der Waals surface area contributed by atoms with E-state index in [0.29, 0.717) is 42.0 Å². The number of rotatable bonds is 14. The fourth-order valence-electron chi connectivity index (χ4n) is 9.84. The van der Waals surface area contributed by atoms with Gasteiger partial charge in [-0.15, -0.1) is 11.6 Å². The number of halogens is 1. The summed E-state index contributed by atoms with van der Waals surface area (Å²) in [5, 5.41) is 12.8. The number of fused-ring (bicyclic) bond motifs is 1. The smallest absolute Gasteiger partial charge is 0.312 e. The van der Waals surface area contributed by atoms with Crippen LogP contribution in [-0.4, -0.2) is 116 Å². The predicted molar refractivity (Wildman–Crippen MR) is 231 cm³/mol. The molecule has 4 aromatic rings. The number of benzene rings is 2. The van der Waals surface area contributed by atoms with Gasteiger partial charge >= 0.3 is 5.69 Å². The third kappa shape index (κ3) is 8.70. The minimum absolute atomic E-state index is 0.0373. The number of aromatic nitrogens is 2. The molecule has 17 heteroatoms. The maximum Gasteiger partial charge on any atom is 0.312 e. The van der Waals surface area contributed by atoms with Gasteiger partial charge in [-0.3, -0.25) is 24.7 Å². The average molecular weight is 874 g/mol. The van der Waals surface area contributed by atoms with Crippen LogP contribution in [-0.2, 0) is 14.8 Å². The highest BCUT2D eigenvalue weighted by Gasteiger charge is 2.69. The topological polar surface area (TPSA) is 172 Å². The minimum Gasteiger partial charge on any atom is -0.485 e. The second-order valence-corrected chi connectivity index (χ2v) is 20.6. The molecule has 0 radical (unpaired) electrons. The molecule has 2 bridgehead atoms. The molecule has 4 heterocycles. The molecule has 4 aliphatic carbocycles. The van der Waals surface area contributed by atoms with E-state index in [0.717, 1.165) is 95.1 Å². The number of nitrogens with zero attached hydrogens (tertiary/aromatic N) is 5. The lowest BCUT2D eigenvalue weighted by Gasteiger charge is -2.70. The number of hydrogen-bond acceptors (Lipinski definition) is 12. The molecule has 15 nitrogen and oxygen atoms in total. The van der Waals surface area contributed by atoms with E-state index in [2.05, 4.69) is 43.2 Å². The van der Waals surface area contributed by atoms with Crippen molar-refractivity contribution in [3.8, 4) is 17.2 Å². The highest BCUT2D eigenvalue weighted by Crippen LogP contribution is 2.75. The monoisotopic (exact) mass is 873 g/mol. The van der Waals surface area contributed by atoms with Crippen LogP contribution >= 0.6 is 11.6 Å². The van der Waals surface area contributed by atoms with Crippen LogP contribution in [0.2, 0.25) is 0 Å². The minimum atomic E-state index is -4.58. The summed E-state index contributed by atoms with van der Waals surface area (Å²) in [6.07, 6.45) is 10.1. The Hall–Kier alpha value is -4.74. The quantitative estimate of drug-likeness (QED) is 0.0583. The Labute approximate surface area is 360 Å². The van der Waals surface area contributed by atoms with Gasteiger partial charge in [0, 0.05) is 86.6 Å². The molecule has 0 spiro atoms. The molecule has 5 fully saturated rings. The van der Waals surface area contributed by atoms with Gasteiger partial charge < -0.3 is 24.1 Å². The summed E-state index contributed by atoms with van der Waals surface area (Å²) < 4.78 is 46.8. The summed E-state index contributed by atoms with van der Waals surface area (Å²) in [5.41, 5.74) is 4.84. The number of morpholine rings is 1. The van der Waals surface area contributed by atoms with E-state index >= 15 is 0 Å². The number of piperazine rings is 1. The Morgan fingerprint density at radius 2 is 1.77 bits per heavy atom. The van der Waals surface area contributed by atoms with Crippen molar-refractivity contribution in [1.29, 1.82) is 0 Å². The Kier molecular flexibility index (Phi) is 11.0. The third-order valence-corrected chi connectivity index (χ3v) is 14.9. The molecule has 0 atom stereocenters. The first-order valence-electron chi connectivity index (χ1n) is 21.1. The molecule has 1 amide bonds. The van der Waals surface area contributed by atoms with Crippen LogP contribution in [0.1, 0.15) is 62.7 Å². The van der Waals surface area contributed by atoms with Crippen molar-refractivity contribution in [2.24, 2.45) is 10.8 Å². The fraction of sp³-hybridized carbons (Fsp3) is 0.500. The number of anilines is 1. The maximum absolute atomic E-state index is 13.9. The summed E-state index contributed by atoms with van der Waals surface area (Å²) in [6, 6.07) is 12.0. The second kappa shape index (κ2) is 16.2. The number of nitrogens with one attached hydrogen (secondary N) is 2. The molecule has 6 aliphatic rings. The molecule has 2 aromatic heterocycles. The van der Waals surface area contributed by atoms with Gasteiger partial charge in [-0.25, -0.2) is 18.1 Å². The number of nitro groups is 1. The van der Waals surface area contributed by atoms with E-state index in [1.165, 1.54) is 24.8 Å². The van der Waals surface area contributed by atoms with Crippen LogP contribution in [0.4, 0.5) is 11.4 Å². The number of H-pyrrole nitrogens is 1. The summed E-state index contributed by atoms with van der Waals surface area (Å²) in [7, 11) is -4.58. The van der Waals surface area contributed by atoms with Crippen molar-refractivity contribution in [2.75, 3.05) is 77.1 Å². The van der Waals surface area contributed by atoms with E-state index < -0.39 is 31.4 Å². The molecule has 2 aliphatic heterocycles. The van der Waals surface area contributed by atoms with E-state index in [-0.39, 0.29) is 28.5 Å². The highest BCUT2D eigenvalue weighted by atomic mass is 35.5. The van der Waals surface area contributed by atoms with Gasteiger partial charge in [-0.2, -0.15) is 0 Å². The summed E-state index contributed by atoms with van der Waals surface area (Å²) >= 11 is 6.74. The van der Waals surface area contributed by atoms with Gasteiger partial charge in [0.25, 0.3) is 15.9 Å². The van der Waals surface area contributed by atoms with Gasteiger partial charge in [0.15, 0.2) is 5.75 Å². The first-order chi connectivity index (χ1) is 29.2. The zero-order valence-corrected chi connectivity index (χ0v) is 36.2. The zero-order chi connectivity index (χ0) is 42.6. The zero-order valence-electron chi connectivity index (χ0n) is 34.6. The molecule has 324 valence electrons. The molecule has 2 saturated heterocycles. The Bertz CT molecular complexity index is 2470. The average Bonchev–Trinajstić information content (AvgIpc) is 3.68. The number of sulfonamides is 1. The van der Waals surface area contributed by atoms with E-state index in [1.807, 2.05) is 6.07 Å². The van der Waals surface area contributed by atoms with E-state index in [9.17, 15) is 23.3 Å². The number of carbonyl (C=O) groups is 1. The van der Waals surface area contributed by atoms with Crippen molar-refractivity contribution >= 4 is 49.9 Å². The third-order valence-electron chi connectivity index (χ3n) is 13.2. The molecule has 2 aromatic carbocycles. The van der Waals surface area contributed by atoms with Crippen LogP contribution in [0, 0.1) is 20.9 Å². The number of ether oxygens (including phenoxy) is 3. The fourth-order valence-corrected chi connectivity index (χ4v) is 11.6. The number of pyridine rings is 1. The van der Waals surface area contributed by atoms with E-state index in [1.54, 1.807) is 41.6 Å². The summed E-state index contributed by atoms with van der Waals surface area (Å²) in [6.45, 7) is 12.3. The van der Waals surface area contributed by atoms with Crippen LogP contribution in [0.15, 0.2) is 77.0 Å². The maximum atomic E-state index is 13.9. The Morgan fingerprint density at radius 3 is 2.51 bits per heavy atom. The van der Waals surface area contributed by atoms with Crippen LogP contribution in [0.5, 0.6) is 17.2 Å². The molecule has 3 saturated carbocycles. The molecule has 61 heavy (non-hydrogen) atoms. The van der Waals surface area contributed by atoms with Crippen molar-refractivity contribution < 1.29 is 32.3 Å². The highest BCUT2D eigenvalue weighted by molar-refractivity contribution is 7.90. The number of alkyl halides is 1. The SMILES string of the molecule is CC1(C)CCC(CN2CCN(c3ccc(C(=O)NS(=O)(=O)c4ccc(OCCN5CCOCC5)c([N+](=O)[O-])c4)c(Oc4cnc5[nH]ccc5c4)c3)CC2)=C(C23CC(Cl)(C2)C3)C1. The Morgan fingerprint density at radius 1 is 1.00 bits per heavy atom. The summed E-state index contributed by atoms with van der Waals surface area (Å²) in [4.78, 5) is 39.2. The van der Waals surface area contributed by atoms with Crippen LogP contribution < -0.4 is 19.1 Å². The summed E-state index contributed by atoms with van der Waals surface area (Å²) in [5.74, 6) is -0.541. The Balaban J connectivity index is 0.911. The second-order valence-electron chi connectivity index (χ2n) is 18.1. The van der Waals surface area contributed by atoms with Crippen molar-refractivity contribution in [1.82, 2.24) is 24.5 Å². The van der Waals surface area contributed by atoms with Crippen molar-refractivity contribution in [3.05, 3.63) is 87.7 Å². The lowest BCUT2D eigenvalue weighted by molar-refractivity contribution is -0.386. The number of aromatic amines is 1. The molecule has 2 N–H and O–H groups in total. The van der Waals surface area contributed by atoms with Crippen LogP contribution in [0.3, 0.4) is 0 Å². The number of nitro benzene ring substituents is 1. The number of allylic oxidation sites excluding steroid dienone is 1. The number of hydrogen-bond donors (Lipinski definition) is 2. The van der Waals surface area contributed by atoms with E-state index in [4.69, 9.17) is 25.8 Å². The first kappa shape index (κ1) is 41.6. The van der Waals surface area contributed by atoms with Crippen molar-refractivity contribution in [3.63, 3.8) is 0 Å². The molecular weight excluding hydrogens is 822 g/mol. The van der Waals surface area contributed by atoms with Gasteiger partial charge in [-0.05, 0) is 85.8 Å². The number of carbonyl (C=O) groups excluding carboxylic acids is 1. The van der Waals surface area contributed by atoms with Crippen LogP contribution in [0.25, 0.3) is 11.0 Å². The van der Waals surface area contributed by atoms with Gasteiger partial charge in [0.05, 0.1) is 34.8 Å². The molecule has 10 rings (SSSR count). The number of amides is 1. The predicted octanol–water partition coefficient (Wildman–Crippen LogP) is 6.88. The first-order valence-corrected chi connectivity index (χ1v) is 22.9. The normalized spacial score (nSPS) is 24.2. The molecular formula is C44H52ClN7O8S. The van der Waals surface area contributed by atoms with Gasteiger partial charge in [-0.1, -0.05) is 25.0 Å².